The first kappa shape index (κ1) is 26.5. The maximum Gasteiger partial charge on any atom is 0.349 e. The summed E-state index contributed by atoms with van der Waals surface area (Å²) in [5.74, 6) is -1.11. The summed E-state index contributed by atoms with van der Waals surface area (Å²) < 4.78 is 10.6. The Bertz CT molecular complexity index is 2000. The van der Waals surface area contributed by atoms with Gasteiger partial charge in [-0.2, -0.15) is 0 Å². The van der Waals surface area contributed by atoms with Gasteiger partial charge in [0.15, 0.2) is 0 Å². The lowest BCUT2D eigenvalue weighted by molar-refractivity contribution is 0.101. The molecule has 206 valence electrons. The van der Waals surface area contributed by atoms with Gasteiger partial charge in [-0.3, -0.25) is 9.59 Å². The molecule has 0 saturated carbocycles. The van der Waals surface area contributed by atoms with E-state index in [0.717, 1.165) is 22.3 Å². The number of benzene rings is 4. The van der Waals surface area contributed by atoms with E-state index < -0.39 is 23.1 Å². The van der Waals surface area contributed by atoms with Crippen LogP contribution in [0.15, 0.2) is 115 Å². The number of hydrogen-bond donors (Lipinski definition) is 2. The molecular weight excluding hydrogens is 532 g/mol. The first-order valence-electron chi connectivity index (χ1n) is 13.2. The molecule has 4 aromatic carbocycles. The highest BCUT2D eigenvalue weighted by Crippen LogP contribution is 2.29. The molecule has 2 N–H and O–H groups in total. The van der Waals surface area contributed by atoms with Crippen molar-refractivity contribution in [1.29, 1.82) is 0 Å². The molecule has 0 bridgehead atoms. The van der Waals surface area contributed by atoms with Gasteiger partial charge in [-0.25, -0.2) is 9.59 Å². The number of carbonyl (C=O) groups excluding carboxylic acids is 2. The summed E-state index contributed by atoms with van der Waals surface area (Å²) in [4.78, 5) is 50.6. The third kappa shape index (κ3) is 5.09. The maximum atomic E-state index is 12.9. The van der Waals surface area contributed by atoms with Gasteiger partial charge >= 0.3 is 11.3 Å². The number of hydrogen-bond acceptors (Lipinski definition) is 6. The lowest BCUT2D eigenvalue weighted by Gasteiger charge is -2.13. The van der Waals surface area contributed by atoms with Crippen LogP contribution in [0.25, 0.3) is 33.1 Å². The molecule has 0 aliphatic rings. The van der Waals surface area contributed by atoms with Gasteiger partial charge < -0.3 is 19.5 Å². The number of nitrogens with one attached hydrogen (secondary N) is 2. The van der Waals surface area contributed by atoms with Crippen molar-refractivity contribution in [3.05, 3.63) is 140 Å². The van der Waals surface area contributed by atoms with Gasteiger partial charge in [0.2, 0.25) is 0 Å². The number of fused-ring (bicyclic) bond motifs is 2. The Hall–Kier alpha value is -5.76. The highest BCUT2D eigenvalue weighted by atomic mass is 16.4. The molecule has 0 radical (unpaired) electrons. The van der Waals surface area contributed by atoms with E-state index in [2.05, 4.69) is 10.6 Å². The minimum Gasteiger partial charge on any atom is -0.422 e. The number of aryl methyl sites for hydroxylation is 2. The van der Waals surface area contributed by atoms with E-state index in [4.69, 9.17) is 8.83 Å². The number of para-hydroxylation sites is 2. The molecule has 42 heavy (non-hydrogen) atoms. The summed E-state index contributed by atoms with van der Waals surface area (Å²) in [6, 6.07) is 28.2. The molecule has 0 atom stereocenters. The first-order chi connectivity index (χ1) is 20.3. The Kier molecular flexibility index (Phi) is 6.72. The molecule has 2 amide bonds. The molecule has 0 spiro atoms. The predicted molar refractivity (Wildman–Crippen MR) is 162 cm³/mol. The van der Waals surface area contributed by atoms with E-state index >= 15 is 0 Å². The van der Waals surface area contributed by atoms with Crippen LogP contribution in [0.3, 0.4) is 0 Å². The monoisotopic (exact) mass is 556 g/mol. The van der Waals surface area contributed by atoms with Crippen LogP contribution in [0.1, 0.15) is 31.8 Å². The fourth-order valence-corrected chi connectivity index (χ4v) is 4.79. The second-order valence-electron chi connectivity index (χ2n) is 9.94. The van der Waals surface area contributed by atoms with Crippen molar-refractivity contribution in [1.82, 2.24) is 0 Å². The lowest BCUT2D eigenvalue weighted by Crippen LogP contribution is -2.21. The van der Waals surface area contributed by atoms with Crippen molar-refractivity contribution >= 4 is 45.1 Å². The Balaban J connectivity index is 1.20. The van der Waals surface area contributed by atoms with E-state index in [0.29, 0.717) is 33.3 Å². The van der Waals surface area contributed by atoms with Gasteiger partial charge in [0.25, 0.3) is 11.8 Å². The van der Waals surface area contributed by atoms with E-state index in [1.165, 1.54) is 12.1 Å². The molecule has 8 heteroatoms. The van der Waals surface area contributed by atoms with Gasteiger partial charge in [-0.05, 0) is 84.6 Å². The Morgan fingerprint density at radius 3 is 1.36 bits per heavy atom. The largest absolute Gasteiger partial charge is 0.422 e. The molecule has 0 unspecified atom stereocenters. The number of rotatable bonds is 5. The van der Waals surface area contributed by atoms with Crippen LogP contribution < -0.4 is 21.9 Å². The molecular formula is C34H24N2O6. The van der Waals surface area contributed by atoms with Gasteiger partial charge in [0, 0.05) is 22.1 Å². The summed E-state index contributed by atoms with van der Waals surface area (Å²) in [6.07, 6.45) is 0. The predicted octanol–water partition coefficient (Wildman–Crippen LogP) is 6.69. The second kappa shape index (κ2) is 10.7. The van der Waals surface area contributed by atoms with Gasteiger partial charge in [0.05, 0.1) is 0 Å². The average Bonchev–Trinajstić information content (AvgIpc) is 2.98. The van der Waals surface area contributed by atoms with Crippen LogP contribution in [-0.2, 0) is 0 Å². The summed E-state index contributed by atoms with van der Waals surface area (Å²) in [6.45, 7) is 3.72. The van der Waals surface area contributed by atoms with E-state index in [9.17, 15) is 19.2 Å². The second-order valence-corrected chi connectivity index (χ2v) is 9.94. The Morgan fingerprint density at radius 1 is 0.548 bits per heavy atom. The molecule has 0 fully saturated rings. The minimum atomic E-state index is -0.704. The van der Waals surface area contributed by atoms with Gasteiger partial charge in [-0.1, -0.05) is 48.5 Å². The molecule has 0 saturated heterocycles. The Labute approximate surface area is 239 Å². The van der Waals surface area contributed by atoms with Crippen LogP contribution in [0.2, 0.25) is 0 Å². The van der Waals surface area contributed by atoms with Crippen molar-refractivity contribution in [3.8, 4) is 11.1 Å². The fourth-order valence-electron chi connectivity index (χ4n) is 4.79. The van der Waals surface area contributed by atoms with E-state index in [1.807, 2.05) is 38.1 Å². The minimum absolute atomic E-state index is 0.0769. The number of anilines is 2. The smallest absolute Gasteiger partial charge is 0.349 e. The Morgan fingerprint density at radius 2 is 0.952 bits per heavy atom. The van der Waals surface area contributed by atoms with Gasteiger partial charge in [0.1, 0.15) is 22.3 Å². The molecule has 8 nitrogen and oxygen atoms in total. The van der Waals surface area contributed by atoms with E-state index in [1.54, 1.807) is 60.7 Å². The average molecular weight is 557 g/mol. The summed E-state index contributed by atoms with van der Waals surface area (Å²) in [7, 11) is 0. The van der Waals surface area contributed by atoms with Crippen molar-refractivity contribution < 1.29 is 18.4 Å². The van der Waals surface area contributed by atoms with Crippen LogP contribution in [0, 0.1) is 13.8 Å². The molecule has 2 aromatic heterocycles. The fraction of sp³-hybridized carbons (Fsp3) is 0.0588. The normalized spacial score (nSPS) is 11.0. The summed E-state index contributed by atoms with van der Waals surface area (Å²) in [5.41, 5.74) is 3.77. The van der Waals surface area contributed by atoms with Crippen molar-refractivity contribution in [2.75, 3.05) is 10.6 Å². The van der Waals surface area contributed by atoms with Crippen LogP contribution >= 0.6 is 0 Å². The molecule has 6 aromatic rings. The third-order valence-corrected chi connectivity index (χ3v) is 7.05. The molecule has 2 heterocycles. The summed E-state index contributed by atoms with van der Waals surface area (Å²) >= 11 is 0. The highest BCUT2D eigenvalue weighted by molar-refractivity contribution is 6.06. The summed E-state index contributed by atoms with van der Waals surface area (Å²) in [5, 5.41) is 6.92. The zero-order chi connectivity index (χ0) is 29.4. The molecule has 0 aliphatic carbocycles. The zero-order valence-electron chi connectivity index (χ0n) is 22.7. The van der Waals surface area contributed by atoms with Crippen LogP contribution in [0.4, 0.5) is 11.4 Å². The quantitative estimate of drug-likeness (QED) is 0.229. The van der Waals surface area contributed by atoms with E-state index in [-0.39, 0.29) is 11.1 Å². The van der Waals surface area contributed by atoms with Crippen LogP contribution in [-0.4, -0.2) is 11.8 Å². The third-order valence-electron chi connectivity index (χ3n) is 7.05. The van der Waals surface area contributed by atoms with Crippen LogP contribution in [0.5, 0.6) is 0 Å². The standard InChI is InChI=1S/C34H24N2O6/c1-19-15-21(11-13-27(19)35-31(37)25-17-23-7-3-5-9-29(23)41-33(25)39)22-12-14-28(20(2)16-22)36-32(38)26-18-24-8-4-6-10-30(24)42-34(26)40/h3-18H,1-2H3,(H,35,37)(H,36,38). The lowest BCUT2D eigenvalue weighted by atomic mass is 9.99. The van der Waals surface area contributed by atoms with Gasteiger partial charge in [-0.15, -0.1) is 0 Å². The SMILES string of the molecule is Cc1cc(-c2ccc(NC(=O)c3cc4ccccc4oc3=O)c(C)c2)ccc1NC(=O)c1cc2ccccc2oc1=O. The molecule has 6 rings (SSSR count). The highest BCUT2D eigenvalue weighted by Gasteiger charge is 2.17. The topological polar surface area (TPSA) is 119 Å². The molecule has 0 aliphatic heterocycles. The number of carbonyl (C=O) groups is 2. The van der Waals surface area contributed by atoms with Crippen molar-refractivity contribution in [2.45, 2.75) is 13.8 Å². The van der Waals surface area contributed by atoms with Crippen molar-refractivity contribution in [2.24, 2.45) is 0 Å². The number of amides is 2. The zero-order valence-corrected chi connectivity index (χ0v) is 22.7. The maximum absolute atomic E-state index is 12.9. The first-order valence-corrected chi connectivity index (χ1v) is 13.2. The van der Waals surface area contributed by atoms with Crippen molar-refractivity contribution in [3.63, 3.8) is 0 Å².